The minimum absolute atomic E-state index is 0. The number of H-pyrrole nitrogens is 1. The summed E-state index contributed by atoms with van der Waals surface area (Å²) in [4.78, 5) is 2.89. The van der Waals surface area contributed by atoms with Gasteiger partial charge >= 0.3 is 58.9 Å². The van der Waals surface area contributed by atoms with Crippen LogP contribution in [-0.4, -0.2) is 12.5 Å². The van der Waals surface area contributed by atoms with Gasteiger partial charge in [0, 0.05) is 0 Å². The molecule has 0 unspecified atom stereocenters. The van der Waals surface area contributed by atoms with Crippen molar-refractivity contribution in [2.24, 2.45) is 0 Å². The van der Waals surface area contributed by atoms with Crippen LogP contribution in [-0.2, 0) is 0 Å². The Bertz CT molecular complexity index is 154. The van der Waals surface area contributed by atoms with Gasteiger partial charge in [-0.05, 0) is 6.20 Å². The molecule has 0 amide bonds. The van der Waals surface area contributed by atoms with E-state index in [0.717, 1.165) is 5.69 Å². The number of hydrogen-bond donors (Lipinski definition) is 1. The number of hydrogen-bond acceptors (Lipinski definition) is 0. The van der Waals surface area contributed by atoms with Crippen molar-refractivity contribution in [3.63, 3.8) is 0 Å². The molecule has 1 aromatic rings. The predicted molar refractivity (Wildman–Crippen MR) is 34.3 cm³/mol. The summed E-state index contributed by atoms with van der Waals surface area (Å²) >= 11 is 0. The number of nitrogens with one attached hydrogen (secondary N) is 1. The third-order valence-corrected chi connectivity index (χ3v) is 0.662. The molecule has 0 aliphatic heterocycles. The van der Waals surface area contributed by atoms with E-state index in [1.54, 1.807) is 0 Å². The Balaban J connectivity index is 0. The SMILES string of the molecule is FB(F)F.[CH2-]c1ccc[nH]1.[K+]. The molecular weight excluding hydrogens is 181 g/mol. The predicted octanol–water partition coefficient (Wildman–Crippen LogP) is -0.919. The topological polar surface area (TPSA) is 15.8 Å². The Labute approximate surface area is 106 Å². The van der Waals surface area contributed by atoms with E-state index in [2.05, 4.69) is 11.9 Å². The zero-order valence-electron chi connectivity index (χ0n) is 6.15. The molecule has 0 aliphatic carbocycles. The molecule has 1 rings (SSSR count). The standard InChI is InChI=1S/C5H6N.BF3.K/c1-5-3-2-4-6-5;2-1(3)4;/h2-4,6H,1H2;;/q-1;;+1. The van der Waals surface area contributed by atoms with E-state index in [1.165, 1.54) is 0 Å². The fourth-order valence-electron chi connectivity index (χ4n) is 0.368. The van der Waals surface area contributed by atoms with Gasteiger partial charge in [-0.3, -0.25) is 12.9 Å². The molecule has 0 aliphatic rings. The second-order valence-electron chi connectivity index (χ2n) is 1.44. The van der Waals surface area contributed by atoms with Gasteiger partial charge in [-0.1, -0.05) is 0 Å². The number of aromatic amines is 1. The van der Waals surface area contributed by atoms with E-state index < -0.39 is 7.54 Å². The van der Waals surface area contributed by atoms with Crippen molar-refractivity contribution in [1.29, 1.82) is 0 Å². The first kappa shape index (κ1) is 14.2. The quantitative estimate of drug-likeness (QED) is 0.399. The molecule has 1 N–H and O–H groups in total. The second kappa shape index (κ2) is 8.74. The summed E-state index contributed by atoms with van der Waals surface area (Å²) in [5.41, 5.74) is 0.968. The molecular formula is C5H6BF3KN. The van der Waals surface area contributed by atoms with E-state index >= 15 is 0 Å². The van der Waals surface area contributed by atoms with Crippen molar-refractivity contribution in [3.05, 3.63) is 30.9 Å². The average molecular weight is 187 g/mol. The first-order valence-corrected chi connectivity index (χ1v) is 2.50. The summed E-state index contributed by atoms with van der Waals surface area (Å²) in [6.07, 6.45) is 1.85. The van der Waals surface area contributed by atoms with Crippen LogP contribution in [0.4, 0.5) is 12.9 Å². The third-order valence-electron chi connectivity index (χ3n) is 0.662. The Morgan fingerprint density at radius 3 is 1.91 bits per heavy atom. The Morgan fingerprint density at radius 2 is 1.82 bits per heavy atom. The monoisotopic (exact) mass is 187 g/mol. The molecule has 0 atom stereocenters. The molecule has 0 radical (unpaired) electrons. The molecule has 0 aromatic carbocycles. The number of halogens is 3. The van der Waals surface area contributed by atoms with Crippen molar-refractivity contribution in [2.45, 2.75) is 0 Å². The minimum Gasteiger partial charge on any atom is -0.397 e. The molecule has 0 saturated carbocycles. The van der Waals surface area contributed by atoms with Gasteiger partial charge in [0.05, 0.1) is 0 Å². The van der Waals surface area contributed by atoms with E-state index in [-0.39, 0.29) is 51.4 Å². The van der Waals surface area contributed by atoms with E-state index in [9.17, 15) is 12.9 Å². The van der Waals surface area contributed by atoms with E-state index in [4.69, 9.17) is 0 Å². The van der Waals surface area contributed by atoms with Gasteiger partial charge in [0.2, 0.25) is 0 Å². The molecule has 0 fully saturated rings. The first-order chi connectivity index (χ1) is 4.63. The third kappa shape index (κ3) is 13.6. The summed E-state index contributed by atoms with van der Waals surface area (Å²) in [6, 6.07) is 3.84. The van der Waals surface area contributed by atoms with Gasteiger partial charge in [-0.2, -0.15) is 6.07 Å². The Hall–Kier alpha value is 0.641. The maximum atomic E-state index is 9.67. The summed E-state index contributed by atoms with van der Waals surface area (Å²) in [7, 11) is -3.67. The van der Waals surface area contributed by atoms with Crippen LogP contribution < -0.4 is 51.4 Å². The number of aromatic nitrogens is 1. The van der Waals surface area contributed by atoms with E-state index in [1.807, 2.05) is 18.3 Å². The van der Waals surface area contributed by atoms with Gasteiger partial charge in [0.1, 0.15) is 0 Å². The summed E-state index contributed by atoms with van der Waals surface area (Å²) in [6.45, 7) is 3.62. The molecule has 11 heavy (non-hydrogen) atoms. The Morgan fingerprint density at radius 1 is 1.36 bits per heavy atom. The largest absolute Gasteiger partial charge is 1.00 e. The fourth-order valence-corrected chi connectivity index (χ4v) is 0.368. The minimum atomic E-state index is -3.67. The van der Waals surface area contributed by atoms with Crippen molar-refractivity contribution in [1.82, 2.24) is 4.98 Å². The van der Waals surface area contributed by atoms with Crippen LogP contribution in [0.2, 0.25) is 0 Å². The van der Waals surface area contributed by atoms with Gasteiger partial charge in [0.25, 0.3) is 0 Å². The average Bonchev–Trinajstić information content (AvgIpc) is 2.15. The molecule has 1 aromatic heterocycles. The van der Waals surface area contributed by atoms with Gasteiger partial charge in [-0.15, -0.1) is 11.8 Å². The molecule has 0 bridgehead atoms. The molecule has 1 nitrogen and oxygen atoms in total. The summed E-state index contributed by atoms with van der Waals surface area (Å²) < 4.78 is 29.0. The zero-order chi connectivity index (χ0) is 7.98. The van der Waals surface area contributed by atoms with Crippen molar-refractivity contribution >= 4 is 7.54 Å². The van der Waals surface area contributed by atoms with Gasteiger partial charge < -0.3 is 4.98 Å². The molecule has 56 valence electrons. The van der Waals surface area contributed by atoms with Crippen LogP contribution in [0.25, 0.3) is 0 Å². The Kier molecular flexibility index (Phi) is 11.3. The van der Waals surface area contributed by atoms with Gasteiger partial charge in [0.15, 0.2) is 0 Å². The number of rotatable bonds is 0. The summed E-state index contributed by atoms with van der Waals surface area (Å²) in [5.74, 6) is 0. The fraction of sp³-hybridized carbons (Fsp3) is 0. The molecule has 0 saturated heterocycles. The van der Waals surface area contributed by atoms with Crippen LogP contribution in [0.5, 0.6) is 0 Å². The maximum Gasteiger partial charge on any atom is 1.00 e. The second-order valence-corrected chi connectivity index (χ2v) is 1.44. The summed E-state index contributed by atoms with van der Waals surface area (Å²) in [5, 5.41) is 0. The van der Waals surface area contributed by atoms with Crippen LogP contribution >= 0.6 is 0 Å². The van der Waals surface area contributed by atoms with Crippen molar-refractivity contribution in [3.8, 4) is 0 Å². The smallest absolute Gasteiger partial charge is 0.397 e. The normalized spacial score (nSPS) is 7.18. The van der Waals surface area contributed by atoms with Crippen LogP contribution in [0.15, 0.2) is 18.3 Å². The van der Waals surface area contributed by atoms with Crippen LogP contribution in [0, 0.1) is 6.92 Å². The maximum absolute atomic E-state index is 9.67. The molecule has 1 heterocycles. The molecule has 6 heteroatoms. The van der Waals surface area contributed by atoms with Crippen LogP contribution in [0.3, 0.4) is 0 Å². The van der Waals surface area contributed by atoms with Crippen molar-refractivity contribution < 1.29 is 64.3 Å². The van der Waals surface area contributed by atoms with Crippen molar-refractivity contribution in [2.75, 3.05) is 0 Å². The van der Waals surface area contributed by atoms with E-state index in [0.29, 0.717) is 0 Å². The van der Waals surface area contributed by atoms with Crippen LogP contribution in [0.1, 0.15) is 5.69 Å². The first-order valence-electron chi connectivity index (χ1n) is 2.50. The molecule has 0 spiro atoms. The van der Waals surface area contributed by atoms with Gasteiger partial charge in [-0.25, -0.2) is 6.92 Å². The zero-order valence-corrected chi connectivity index (χ0v) is 9.27.